The van der Waals surface area contributed by atoms with Gasteiger partial charge in [0.2, 0.25) is 0 Å². The summed E-state index contributed by atoms with van der Waals surface area (Å²) in [6.07, 6.45) is 6.95. The number of benzene rings is 3. The Balaban J connectivity index is 1.40. The number of halogens is 2. The molecule has 41 heavy (non-hydrogen) atoms. The summed E-state index contributed by atoms with van der Waals surface area (Å²) in [7, 11) is 0. The van der Waals surface area contributed by atoms with Gasteiger partial charge >= 0.3 is 5.97 Å². The van der Waals surface area contributed by atoms with E-state index in [0.717, 1.165) is 40.5 Å². The van der Waals surface area contributed by atoms with Gasteiger partial charge in [-0.1, -0.05) is 59.6 Å². The zero-order valence-corrected chi connectivity index (χ0v) is 24.6. The fourth-order valence-electron chi connectivity index (χ4n) is 4.73. The van der Waals surface area contributed by atoms with Crippen molar-refractivity contribution in [3.05, 3.63) is 105 Å². The third-order valence-electron chi connectivity index (χ3n) is 6.96. The molecule has 2 N–H and O–H groups in total. The van der Waals surface area contributed by atoms with Crippen LogP contribution in [-0.4, -0.2) is 28.5 Å². The molecule has 0 aliphatic heterocycles. The van der Waals surface area contributed by atoms with Crippen LogP contribution in [0.4, 0.5) is 10.8 Å². The summed E-state index contributed by atoms with van der Waals surface area (Å²) < 4.78 is 0. The Bertz CT molecular complexity index is 1570. The Morgan fingerprint density at radius 2 is 1.71 bits per heavy atom. The number of carbonyl (C=O) groups excluding carboxylic acids is 1. The van der Waals surface area contributed by atoms with Crippen LogP contribution in [0, 0.1) is 0 Å². The van der Waals surface area contributed by atoms with E-state index < -0.39 is 5.97 Å². The summed E-state index contributed by atoms with van der Waals surface area (Å²) in [5.41, 5.74) is 6.84. The molecule has 1 aliphatic carbocycles. The van der Waals surface area contributed by atoms with Crippen LogP contribution >= 0.6 is 34.5 Å². The Morgan fingerprint density at radius 3 is 2.39 bits per heavy atom. The average Bonchev–Trinajstić information content (AvgIpc) is 3.48. The molecule has 6 nitrogen and oxygen atoms in total. The van der Waals surface area contributed by atoms with E-state index in [2.05, 4.69) is 40.6 Å². The van der Waals surface area contributed by atoms with Crippen molar-refractivity contribution in [1.29, 1.82) is 0 Å². The zero-order valence-electron chi connectivity index (χ0n) is 22.3. The number of allylic oxidation sites excluding steroid dienone is 2. The van der Waals surface area contributed by atoms with Crippen molar-refractivity contribution in [2.75, 3.05) is 11.4 Å². The van der Waals surface area contributed by atoms with Gasteiger partial charge in [0, 0.05) is 28.7 Å². The maximum absolute atomic E-state index is 12.4. The fourth-order valence-corrected chi connectivity index (χ4v) is 5.88. The summed E-state index contributed by atoms with van der Waals surface area (Å²) >= 11 is 13.9. The van der Waals surface area contributed by atoms with Gasteiger partial charge in [0.25, 0.3) is 5.91 Å². The Hall–Kier alpha value is -3.65. The number of anilines is 2. The van der Waals surface area contributed by atoms with E-state index in [4.69, 9.17) is 33.3 Å². The SMILES string of the molecule is O=C(O)CCNC(=O)c1ccc(CN(c2ccc(C3=CCCCC3)cc2)c2nc(-c3ccc(Cl)c(Cl)c3)cs2)cc1. The van der Waals surface area contributed by atoms with Gasteiger partial charge in [-0.2, -0.15) is 0 Å². The molecule has 9 heteroatoms. The van der Waals surface area contributed by atoms with E-state index >= 15 is 0 Å². The first-order chi connectivity index (χ1) is 19.9. The highest BCUT2D eigenvalue weighted by Crippen LogP contribution is 2.36. The summed E-state index contributed by atoms with van der Waals surface area (Å²) in [5, 5.41) is 15.3. The van der Waals surface area contributed by atoms with Crippen molar-refractivity contribution >= 4 is 62.8 Å². The van der Waals surface area contributed by atoms with E-state index in [1.165, 1.54) is 24.0 Å². The van der Waals surface area contributed by atoms with Gasteiger partial charge in [-0.25, -0.2) is 4.98 Å². The predicted octanol–water partition coefficient (Wildman–Crippen LogP) is 8.62. The molecule has 3 aromatic carbocycles. The lowest BCUT2D eigenvalue weighted by Crippen LogP contribution is -2.26. The van der Waals surface area contributed by atoms with Crippen LogP contribution in [0.5, 0.6) is 0 Å². The monoisotopic (exact) mass is 605 g/mol. The van der Waals surface area contributed by atoms with Gasteiger partial charge in [-0.05, 0) is 78.8 Å². The van der Waals surface area contributed by atoms with E-state index in [1.54, 1.807) is 29.5 Å². The van der Waals surface area contributed by atoms with Gasteiger partial charge in [0.05, 0.1) is 28.7 Å². The molecule has 4 aromatic rings. The standard InChI is InChI=1S/C32H29Cl2N3O3S/c33-27-15-12-25(18-28(27)34)29-20-41-32(36-29)37(26-13-10-23(11-14-26)22-4-2-1-3-5-22)19-21-6-8-24(9-7-21)31(40)35-17-16-30(38)39/h4,6-15,18,20H,1-3,5,16-17,19H2,(H,35,40)(H,38,39). The third kappa shape index (κ3) is 7.36. The van der Waals surface area contributed by atoms with Crippen molar-refractivity contribution in [3.63, 3.8) is 0 Å². The predicted molar refractivity (Wildman–Crippen MR) is 167 cm³/mol. The van der Waals surface area contributed by atoms with E-state index in [0.29, 0.717) is 22.2 Å². The Kier molecular flexibility index (Phi) is 9.39. The summed E-state index contributed by atoms with van der Waals surface area (Å²) in [4.78, 5) is 30.2. The maximum atomic E-state index is 12.4. The lowest BCUT2D eigenvalue weighted by molar-refractivity contribution is -0.136. The molecule has 0 saturated carbocycles. The summed E-state index contributed by atoms with van der Waals surface area (Å²) in [5.74, 6) is -1.25. The summed E-state index contributed by atoms with van der Waals surface area (Å²) in [6.45, 7) is 0.624. The topological polar surface area (TPSA) is 82.5 Å². The lowest BCUT2D eigenvalue weighted by atomic mass is 9.93. The van der Waals surface area contributed by atoms with Crippen LogP contribution in [0.2, 0.25) is 10.0 Å². The first-order valence-corrected chi connectivity index (χ1v) is 15.1. The number of aromatic nitrogens is 1. The molecule has 1 heterocycles. The summed E-state index contributed by atoms with van der Waals surface area (Å²) in [6, 6.07) is 21.5. The van der Waals surface area contributed by atoms with E-state index in [-0.39, 0.29) is 18.9 Å². The number of carbonyl (C=O) groups is 2. The van der Waals surface area contributed by atoms with Crippen LogP contribution in [0.3, 0.4) is 0 Å². The van der Waals surface area contributed by atoms with Crippen LogP contribution in [-0.2, 0) is 11.3 Å². The number of nitrogens with zero attached hydrogens (tertiary/aromatic N) is 2. The molecule has 0 unspecified atom stereocenters. The second kappa shape index (κ2) is 13.3. The molecule has 5 rings (SSSR count). The van der Waals surface area contributed by atoms with E-state index in [1.807, 2.05) is 29.6 Å². The highest BCUT2D eigenvalue weighted by Gasteiger charge is 2.17. The maximum Gasteiger partial charge on any atom is 0.305 e. The number of nitrogens with one attached hydrogen (secondary N) is 1. The first-order valence-electron chi connectivity index (χ1n) is 13.4. The number of aliphatic carboxylic acids is 1. The minimum atomic E-state index is -0.950. The van der Waals surface area contributed by atoms with Crippen molar-refractivity contribution < 1.29 is 14.7 Å². The highest BCUT2D eigenvalue weighted by molar-refractivity contribution is 7.14. The van der Waals surface area contributed by atoms with Crippen molar-refractivity contribution in [1.82, 2.24) is 10.3 Å². The highest BCUT2D eigenvalue weighted by atomic mass is 35.5. The molecule has 0 spiro atoms. The molecule has 210 valence electrons. The first kappa shape index (κ1) is 28.9. The number of carboxylic acid groups (broad SMARTS) is 1. The molecular weight excluding hydrogens is 577 g/mol. The number of thiazole rings is 1. The molecule has 1 amide bonds. The smallest absolute Gasteiger partial charge is 0.305 e. The van der Waals surface area contributed by atoms with Gasteiger partial charge in [0.15, 0.2) is 5.13 Å². The van der Waals surface area contributed by atoms with Crippen LogP contribution in [0.25, 0.3) is 16.8 Å². The lowest BCUT2D eigenvalue weighted by Gasteiger charge is -2.23. The largest absolute Gasteiger partial charge is 0.481 e. The van der Waals surface area contributed by atoms with Crippen LogP contribution < -0.4 is 10.2 Å². The normalized spacial score (nSPS) is 13.0. The number of hydrogen-bond donors (Lipinski definition) is 2. The number of rotatable bonds is 10. The average molecular weight is 607 g/mol. The Labute approximate surface area is 253 Å². The molecule has 1 aliphatic rings. The quantitative estimate of drug-likeness (QED) is 0.189. The van der Waals surface area contributed by atoms with Crippen molar-refractivity contribution in [3.8, 4) is 11.3 Å². The third-order valence-corrected chi connectivity index (χ3v) is 8.56. The number of hydrogen-bond acceptors (Lipinski definition) is 5. The number of amides is 1. The number of carboxylic acids is 1. The zero-order chi connectivity index (χ0) is 28.8. The second-order valence-electron chi connectivity index (χ2n) is 9.85. The van der Waals surface area contributed by atoms with Gasteiger partial charge in [-0.3, -0.25) is 9.59 Å². The van der Waals surface area contributed by atoms with Gasteiger partial charge in [0.1, 0.15) is 0 Å². The van der Waals surface area contributed by atoms with Crippen molar-refractivity contribution in [2.24, 2.45) is 0 Å². The van der Waals surface area contributed by atoms with Gasteiger partial charge in [-0.15, -0.1) is 11.3 Å². The molecule has 0 atom stereocenters. The Morgan fingerprint density at radius 1 is 0.951 bits per heavy atom. The van der Waals surface area contributed by atoms with Crippen LogP contribution in [0.1, 0.15) is 53.6 Å². The van der Waals surface area contributed by atoms with Crippen molar-refractivity contribution in [2.45, 2.75) is 38.6 Å². The van der Waals surface area contributed by atoms with Crippen LogP contribution in [0.15, 0.2) is 78.2 Å². The fraction of sp³-hybridized carbons (Fsp3) is 0.219. The minimum absolute atomic E-state index is 0.0851. The molecule has 0 radical (unpaired) electrons. The van der Waals surface area contributed by atoms with Gasteiger partial charge < -0.3 is 15.3 Å². The van der Waals surface area contributed by atoms with E-state index in [9.17, 15) is 9.59 Å². The molecule has 0 saturated heterocycles. The molecule has 0 bridgehead atoms. The minimum Gasteiger partial charge on any atom is -0.481 e. The molecule has 1 aromatic heterocycles. The molecular formula is C32H29Cl2N3O3S. The molecule has 0 fully saturated rings. The second-order valence-corrected chi connectivity index (χ2v) is 11.5.